The van der Waals surface area contributed by atoms with Crippen molar-refractivity contribution in [2.45, 2.75) is 26.2 Å². The first kappa shape index (κ1) is 18.1. The first-order valence-corrected chi connectivity index (χ1v) is 7.58. The number of hydrogen-bond acceptors (Lipinski definition) is 5. The van der Waals surface area contributed by atoms with Crippen LogP contribution in [0.4, 0.5) is 5.69 Å². The summed E-state index contributed by atoms with van der Waals surface area (Å²) in [6.07, 6.45) is 1.09. The lowest BCUT2D eigenvalue weighted by molar-refractivity contribution is -0.385. The number of benzene rings is 2. The molecule has 2 rings (SSSR count). The summed E-state index contributed by atoms with van der Waals surface area (Å²) in [4.78, 5) is 22.2. The third-order valence-corrected chi connectivity index (χ3v) is 3.59. The number of nitro benzene ring substituents is 1. The molecule has 1 amide bonds. The van der Waals surface area contributed by atoms with Crippen LogP contribution in [0, 0.1) is 10.1 Å². The SMILES string of the molecule is CC(C)(C)c1ccc(C(=O)NN=Cc2cc([N+](=O)[O-])ccc2[O-])cc1. The Labute approximate surface area is 145 Å². The van der Waals surface area contributed by atoms with Gasteiger partial charge in [-0.3, -0.25) is 14.9 Å². The predicted octanol–water partition coefficient (Wildman–Crippen LogP) is 2.73. The van der Waals surface area contributed by atoms with Gasteiger partial charge in [-0.2, -0.15) is 5.10 Å². The maximum atomic E-state index is 12.0. The van der Waals surface area contributed by atoms with E-state index in [1.807, 2.05) is 12.1 Å². The molecule has 0 radical (unpaired) electrons. The van der Waals surface area contributed by atoms with Crippen LogP contribution < -0.4 is 10.5 Å². The average Bonchev–Trinajstić information content (AvgIpc) is 2.55. The van der Waals surface area contributed by atoms with Crippen LogP contribution in [0.3, 0.4) is 0 Å². The first-order chi connectivity index (χ1) is 11.7. The maximum Gasteiger partial charge on any atom is 0.271 e. The van der Waals surface area contributed by atoms with Gasteiger partial charge in [-0.1, -0.05) is 44.7 Å². The van der Waals surface area contributed by atoms with Crippen LogP contribution in [-0.4, -0.2) is 17.0 Å². The minimum absolute atomic E-state index is 0.0142. The molecule has 25 heavy (non-hydrogen) atoms. The second kappa shape index (κ2) is 7.12. The van der Waals surface area contributed by atoms with Gasteiger partial charge in [-0.15, -0.1) is 0 Å². The molecular formula is C18H18N3O4-. The van der Waals surface area contributed by atoms with Gasteiger partial charge in [0, 0.05) is 17.7 Å². The normalized spacial score (nSPS) is 11.5. The van der Waals surface area contributed by atoms with Gasteiger partial charge in [0.25, 0.3) is 11.6 Å². The number of hydrogen-bond donors (Lipinski definition) is 1. The smallest absolute Gasteiger partial charge is 0.271 e. The standard InChI is InChI=1S/C18H19N3O4/c1-18(2,3)14-6-4-12(5-7-14)17(23)20-19-11-13-10-15(21(24)25)8-9-16(13)22/h4-11,22H,1-3H3,(H,20,23)/p-1. The molecule has 7 heteroatoms. The predicted molar refractivity (Wildman–Crippen MR) is 92.7 cm³/mol. The lowest BCUT2D eigenvalue weighted by Gasteiger charge is -2.18. The highest BCUT2D eigenvalue weighted by Gasteiger charge is 2.14. The van der Waals surface area contributed by atoms with Gasteiger partial charge >= 0.3 is 0 Å². The van der Waals surface area contributed by atoms with Gasteiger partial charge in [-0.05, 0) is 28.7 Å². The van der Waals surface area contributed by atoms with E-state index in [2.05, 4.69) is 31.3 Å². The van der Waals surface area contributed by atoms with E-state index in [0.717, 1.165) is 30.0 Å². The Morgan fingerprint density at radius 1 is 1.16 bits per heavy atom. The van der Waals surface area contributed by atoms with E-state index in [-0.39, 0.29) is 16.7 Å². The quantitative estimate of drug-likeness (QED) is 0.524. The summed E-state index contributed by atoms with van der Waals surface area (Å²) in [5.74, 6) is -0.854. The van der Waals surface area contributed by atoms with Crippen LogP contribution in [-0.2, 0) is 5.41 Å². The lowest BCUT2D eigenvalue weighted by Crippen LogP contribution is -2.18. The van der Waals surface area contributed by atoms with Crippen molar-refractivity contribution in [1.29, 1.82) is 0 Å². The molecule has 130 valence electrons. The van der Waals surface area contributed by atoms with Crippen LogP contribution in [0.2, 0.25) is 0 Å². The van der Waals surface area contributed by atoms with Crippen molar-refractivity contribution in [1.82, 2.24) is 5.43 Å². The summed E-state index contributed by atoms with van der Waals surface area (Å²) >= 11 is 0. The second-order valence-corrected chi connectivity index (χ2v) is 6.51. The van der Waals surface area contributed by atoms with Crippen molar-refractivity contribution in [3.8, 4) is 5.75 Å². The summed E-state index contributed by atoms with van der Waals surface area (Å²) in [7, 11) is 0. The van der Waals surface area contributed by atoms with E-state index in [9.17, 15) is 20.0 Å². The number of nitrogens with zero attached hydrogens (tertiary/aromatic N) is 2. The highest BCUT2D eigenvalue weighted by Crippen LogP contribution is 2.22. The van der Waals surface area contributed by atoms with E-state index < -0.39 is 16.6 Å². The Hall–Kier alpha value is -3.22. The lowest BCUT2D eigenvalue weighted by atomic mass is 9.87. The fourth-order valence-corrected chi connectivity index (χ4v) is 2.10. The first-order valence-electron chi connectivity index (χ1n) is 7.58. The number of amides is 1. The molecular weight excluding hydrogens is 322 g/mol. The number of rotatable bonds is 4. The van der Waals surface area contributed by atoms with Crippen LogP contribution in [0.15, 0.2) is 47.6 Å². The highest BCUT2D eigenvalue weighted by atomic mass is 16.6. The summed E-state index contributed by atoms with van der Waals surface area (Å²) < 4.78 is 0. The average molecular weight is 340 g/mol. The summed E-state index contributed by atoms with van der Waals surface area (Å²) in [5, 5.41) is 26.1. The Morgan fingerprint density at radius 2 is 1.80 bits per heavy atom. The molecule has 0 aliphatic rings. The Bertz CT molecular complexity index is 821. The number of carbonyl (C=O) groups is 1. The van der Waals surface area contributed by atoms with E-state index >= 15 is 0 Å². The zero-order valence-corrected chi connectivity index (χ0v) is 14.1. The summed E-state index contributed by atoms with van der Waals surface area (Å²) in [6, 6.07) is 10.4. The van der Waals surface area contributed by atoms with Crippen LogP contribution in [0.1, 0.15) is 42.3 Å². The molecule has 0 saturated carbocycles. The number of carbonyl (C=O) groups excluding carboxylic acids is 1. The topological polar surface area (TPSA) is 108 Å². The molecule has 1 N–H and O–H groups in total. The van der Waals surface area contributed by atoms with Crippen LogP contribution in [0.25, 0.3) is 0 Å². The van der Waals surface area contributed by atoms with Gasteiger partial charge in [0.2, 0.25) is 0 Å². The molecule has 0 saturated heterocycles. The Balaban J connectivity index is 2.08. The Morgan fingerprint density at radius 3 is 2.36 bits per heavy atom. The molecule has 2 aromatic rings. The number of hydrazone groups is 1. The van der Waals surface area contributed by atoms with Crippen LogP contribution >= 0.6 is 0 Å². The number of nitro groups is 1. The molecule has 2 aromatic carbocycles. The minimum Gasteiger partial charge on any atom is -0.872 e. The third kappa shape index (κ3) is 4.63. The van der Waals surface area contributed by atoms with Crippen molar-refractivity contribution in [2.24, 2.45) is 5.10 Å². The monoisotopic (exact) mass is 340 g/mol. The summed E-state index contributed by atoms with van der Waals surface area (Å²) in [6.45, 7) is 6.23. The molecule has 0 fully saturated rings. The van der Waals surface area contributed by atoms with Gasteiger partial charge in [0.05, 0.1) is 11.1 Å². The summed E-state index contributed by atoms with van der Waals surface area (Å²) in [5.41, 5.74) is 3.62. The molecule has 0 aliphatic carbocycles. The van der Waals surface area contributed by atoms with Crippen molar-refractivity contribution in [2.75, 3.05) is 0 Å². The molecule has 0 heterocycles. The maximum absolute atomic E-state index is 12.0. The zero-order valence-electron chi connectivity index (χ0n) is 14.1. The molecule has 0 bridgehead atoms. The van der Waals surface area contributed by atoms with Gasteiger partial charge in [0.15, 0.2) is 0 Å². The van der Waals surface area contributed by atoms with Gasteiger partial charge in [-0.25, -0.2) is 5.43 Å². The van der Waals surface area contributed by atoms with E-state index in [1.54, 1.807) is 12.1 Å². The number of non-ortho nitro benzene ring substituents is 1. The largest absolute Gasteiger partial charge is 0.872 e. The third-order valence-electron chi connectivity index (χ3n) is 3.59. The molecule has 0 aliphatic heterocycles. The van der Waals surface area contributed by atoms with E-state index in [0.29, 0.717) is 5.56 Å². The number of nitrogens with one attached hydrogen (secondary N) is 1. The molecule has 7 nitrogen and oxygen atoms in total. The van der Waals surface area contributed by atoms with Crippen LogP contribution in [0.5, 0.6) is 5.75 Å². The molecule has 0 unspecified atom stereocenters. The van der Waals surface area contributed by atoms with Crippen molar-refractivity contribution >= 4 is 17.8 Å². The van der Waals surface area contributed by atoms with E-state index in [1.165, 1.54) is 0 Å². The van der Waals surface area contributed by atoms with Gasteiger partial charge < -0.3 is 5.11 Å². The minimum atomic E-state index is -0.605. The Kier molecular flexibility index (Phi) is 5.17. The highest BCUT2D eigenvalue weighted by molar-refractivity contribution is 5.95. The van der Waals surface area contributed by atoms with Crippen molar-refractivity contribution in [3.05, 3.63) is 69.3 Å². The second-order valence-electron chi connectivity index (χ2n) is 6.51. The molecule has 0 atom stereocenters. The fourth-order valence-electron chi connectivity index (χ4n) is 2.10. The van der Waals surface area contributed by atoms with E-state index in [4.69, 9.17) is 0 Å². The fraction of sp³-hybridized carbons (Fsp3) is 0.222. The van der Waals surface area contributed by atoms with Crippen molar-refractivity contribution in [3.63, 3.8) is 0 Å². The molecule has 0 spiro atoms. The molecule has 0 aromatic heterocycles. The zero-order chi connectivity index (χ0) is 18.6. The van der Waals surface area contributed by atoms with Gasteiger partial charge in [0.1, 0.15) is 0 Å². The van der Waals surface area contributed by atoms with Crippen molar-refractivity contribution < 1.29 is 14.8 Å².